The van der Waals surface area contributed by atoms with E-state index in [4.69, 9.17) is 5.73 Å². The summed E-state index contributed by atoms with van der Waals surface area (Å²) in [4.78, 5) is 22.4. The summed E-state index contributed by atoms with van der Waals surface area (Å²) in [6, 6.07) is 4.73. The monoisotopic (exact) mass is 293 g/mol. The van der Waals surface area contributed by atoms with E-state index in [9.17, 15) is 14.9 Å². The maximum atomic E-state index is 12.0. The van der Waals surface area contributed by atoms with E-state index in [0.717, 1.165) is 19.3 Å². The van der Waals surface area contributed by atoms with Gasteiger partial charge >= 0.3 is 0 Å². The number of nitro groups is 1. The van der Waals surface area contributed by atoms with Crippen LogP contribution in [0.4, 0.5) is 11.4 Å². The van der Waals surface area contributed by atoms with E-state index in [1.165, 1.54) is 6.07 Å². The van der Waals surface area contributed by atoms with Crippen LogP contribution in [-0.2, 0) is 4.79 Å². The van der Waals surface area contributed by atoms with Gasteiger partial charge in [0.25, 0.3) is 5.69 Å². The van der Waals surface area contributed by atoms with Gasteiger partial charge in [-0.25, -0.2) is 0 Å². The lowest BCUT2D eigenvalue weighted by molar-refractivity contribution is -0.385. The fourth-order valence-corrected chi connectivity index (χ4v) is 2.08. The third-order valence-corrected chi connectivity index (χ3v) is 3.41. The predicted molar refractivity (Wildman–Crippen MR) is 83.1 cm³/mol. The molecule has 2 atom stereocenters. The number of nitrogens with one attached hydrogen (secondary N) is 1. The van der Waals surface area contributed by atoms with Crippen molar-refractivity contribution in [2.45, 2.75) is 46.1 Å². The molecule has 6 heteroatoms. The van der Waals surface area contributed by atoms with E-state index >= 15 is 0 Å². The summed E-state index contributed by atoms with van der Waals surface area (Å²) < 4.78 is 0. The first-order valence-electron chi connectivity index (χ1n) is 7.12. The standard InChI is InChI=1S/C15H23N3O3/c1-10(5-4-6-12(3)16)15(19)17-13-7-8-14(18(20)21)11(2)9-13/h7-10,12H,4-6,16H2,1-3H3,(H,17,19). The average molecular weight is 293 g/mol. The number of nitrogens with zero attached hydrogens (tertiary/aromatic N) is 1. The molecule has 0 bridgehead atoms. The molecule has 0 saturated carbocycles. The first-order valence-corrected chi connectivity index (χ1v) is 7.12. The minimum atomic E-state index is -0.433. The first kappa shape index (κ1) is 17.1. The minimum absolute atomic E-state index is 0.0537. The first-order chi connectivity index (χ1) is 9.81. The highest BCUT2D eigenvalue weighted by molar-refractivity contribution is 5.92. The summed E-state index contributed by atoms with van der Waals surface area (Å²) in [5.74, 6) is -0.188. The predicted octanol–water partition coefficient (Wildman–Crippen LogP) is 3.00. The molecule has 6 nitrogen and oxygen atoms in total. The zero-order chi connectivity index (χ0) is 16.0. The molecular weight excluding hydrogens is 270 g/mol. The van der Waals surface area contributed by atoms with Crippen molar-refractivity contribution in [3.05, 3.63) is 33.9 Å². The highest BCUT2D eigenvalue weighted by Crippen LogP contribution is 2.22. The Morgan fingerprint density at radius 2 is 2.05 bits per heavy atom. The topological polar surface area (TPSA) is 98.3 Å². The molecule has 0 fully saturated rings. The SMILES string of the molecule is Cc1cc(NC(=O)C(C)CCCC(C)N)ccc1[N+](=O)[O-]. The van der Waals surface area contributed by atoms with Gasteiger partial charge in [-0.1, -0.05) is 13.3 Å². The van der Waals surface area contributed by atoms with E-state index in [2.05, 4.69) is 5.32 Å². The van der Waals surface area contributed by atoms with Crippen LogP contribution < -0.4 is 11.1 Å². The van der Waals surface area contributed by atoms with Crippen molar-refractivity contribution < 1.29 is 9.72 Å². The van der Waals surface area contributed by atoms with Gasteiger partial charge in [0.2, 0.25) is 5.91 Å². The lowest BCUT2D eigenvalue weighted by atomic mass is 10.0. The third-order valence-electron chi connectivity index (χ3n) is 3.41. The fraction of sp³-hybridized carbons (Fsp3) is 0.533. The van der Waals surface area contributed by atoms with E-state index in [1.807, 2.05) is 13.8 Å². The Balaban J connectivity index is 2.58. The molecule has 0 aromatic heterocycles. The van der Waals surface area contributed by atoms with Crippen molar-refractivity contribution in [3.8, 4) is 0 Å². The lowest BCUT2D eigenvalue weighted by Gasteiger charge is -2.13. The van der Waals surface area contributed by atoms with Gasteiger partial charge in [-0.3, -0.25) is 14.9 Å². The van der Waals surface area contributed by atoms with Crippen molar-refractivity contribution in [1.82, 2.24) is 0 Å². The maximum absolute atomic E-state index is 12.0. The van der Waals surface area contributed by atoms with Gasteiger partial charge in [0, 0.05) is 29.3 Å². The van der Waals surface area contributed by atoms with Crippen LogP contribution in [0, 0.1) is 23.0 Å². The molecule has 0 aliphatic heterocycles. The quantitative estimate of drug-likeness (QED) is 0.596. The highest BCUT2D eigenvalue weighted by Gasteiger charge is 2.15. The lowest BCUT2D eigenvalue weighted by Crippen LogP contribution is -2.21. The Morgan fingerprint density at radius 3 is 2.57 bits per heavy atom. The second-order valence-electron chi connectivity index (χ2n) is 5.56. The number of carbonyl (C=O) groups is 1. The maximum Gasteiger partial charge on any atom is 0.272 e. The molecule has 1 aromatic carbocycles. The molecule has 0 spiro atoms. The normalized spacial score (nSPS) is 13.5. The Labute approximate surface area is 124 Å². The number of nitrogens with two attached hydrogens (primary N) is 1. The fourth-order valence-electron chi connectivity index (χ4n) is 2.08. The van der Waals surface area contributed by atoms with Crippen LogP contribution in [-0.4, -0.2) is 16.9 Å². The molecule has 1 rings (SSSR count). The number of benzene rings is 1. The summed E-state index contributed by atoms with van der Waals surface area (Å²) in [7, 11) is 0. The summed E-state index contributed by atoms with van der Waals surface area (Å²) in [6.07, 6.45) is 2.58. The number of rotatable bonds is 7. The Bertz CT molecular complexity index is 515. The minimum Gasteiger partial charge on any atom is -0.328 e. The molecule has 2 unspecified atom stereocenters. The number of hydrogen-bond acceptors (Lipinski definition) is 4. The van der Waals surface area contributed by atoms with E-state index < -0.39 is 4.92 Å². The van der Waals surface area contributed by atoms with Crippen LogP contribution in [0.3, 0.4) is 0 Å². The molecule has 0 aliphatic rings. The largest absolute Gasteiger partial charge is 0.328 e. The van der Waals surface area contributed by atoms with Gasteiger partial charge in [0.15, 0.2) is 0 Å². The van der Waals surface area contributed by atoms with Crippen molar-refractivity contribution >= 4 is 17.3 Å². The molecule has 1 aromatic rings. The van der Waals surface area contributed by atoms with Crippen LogP contribution >= 0.6 is 0 Å². The van der Waals surface area contributed by atoms with Crippen molar-refractivity contribution in [1.29, 1.82) is 0 Å². The van der Waals surface area contributed by atoms with Gasteiger partial charge in [0.1, 0.15) is 0 Å². The van der Waals surface area contributed by atoms with E-state index in [1.54, 1.807) is 19.1 Å². The molecule has 21 heavy (non-hydrogen) atoms. The van der Waals surface area contributed by atoms with Gasteiger partial charge in [-0.05, 0) is 38.8 Å². The molecule has 0 saturated heterocycles. The molecule has 116 valence electrons. The Morgan fingerprint density at radius 1 is 1.38 bits per heavy atom. The average Bonchev–Trinajstić information content (AvgIpc) is 2.37. The molecule has 3 N–H and O–H groups in total. The number of carbonyl (C=O) groups excluding carboxylic acids is 1. The zero-order valence-corrected chi connectivity index (χ0v) is 12.8. The summed E-state index contributed by atoms with van der Waals surface area (Å²) in [5, 5.41) is 13.5. The van der Waals surface area contributed by atoms with Gasteiger partial charge < -0.3 is 11.1 Å². The van der Waals surface area contributed by atoms with Crippen LogP contribution in [0.25, 0.3) is 0 Å². The van der Waals surface area contributed by atoms with Crippen LogP contribution in [0.15, 0.2) is 18.2 Å². The van der Waals surface area contributed by atoms with Crippen molar-refractivity contribution in [2.24, 2.45) is 11.7 Å². The number of hydrogen-bond donors (Lipinski definition) is 2. The summed E-state index contributed by atoms with van der Waals surface area (Å²) in [5.41, 5.74) is 6.85. The third kappa shape index (κ3) is 5.51. The Hall–Kier alpha value is -1.95. The Kier molecular flexibility index (Phi) is 6.30. The number of amides is 1. The molecule has 0 radical (unpaired) electrons. The summed E-state index contributed by atoms with van der Waals surface area (Å²) >= 11 is 0. The van der Waals surface area contributed by atoms with E-state index in [0.29, 0.717) is 11.3 Å². The van der Waals surface area contributed by atoms with Gasteiger partial charge in [0.05, 0.1) is 4.92 Å². The smallest absolute Gasteiger partial charge is 0.272 e. The van der Waals surface area contributed by atoms with Crippen LogP contribution in [0.1, 0.15) is 38.7 Å². The molecule has 0 heterocycles. The number of nitro benzene ring substituents is 1. The van der Waals surface area contributed by atoms with E-state index in [-0.39, 0.29) is 23.6 Å². The van der Waals surface area contributed by atoms with Gasteiger partial charge in [-0.2, -0.15) is 0 Å². The zero-order valence-electron chi connectivity index (χ0n) is 12.8. The highest BCUT2D eigenvalue weighted by atomic mass is 16.6. The molecule has 0 aliphatic carbocycles. The number of anilines is 1. The number of aryl methyl sites for hydroxylation is 1. The second-order valence-corrected chi connectivity index (χ2v) is 5.56. The second kappa shape index (κ2) is 7.73. The van der Waals surface area contributed by atoms with Crippen molar-refractivity contribution in [2.75, 3.05) is 5.32 Å². The van der Waals surface area contributed by atoms with Gasteiger partial charge in [-0.15, -0.1) is 0 Å². The van der Waals surface area contributed by atoms with Crippen LogP contribution in [0.2, 0.25) is 0 Å². The molecular formula is C15H23N3O3. The molecule has 1 amide bonds. The van der Waals surface area contributed by atoms with Crippen LogP contribution in [0.5, 0.6) is 0 Å². The summed E-state index contributed by atoms with van der Waals surface area (Å²) in [6.45, 7) is 5.47. The van der Waals surface area contributed by atoms with Crippen molar-refractivity contribution in [3.63, 3.8) is 0 Å².